The van der Waals surface area contributed by atoms with Crippen molar-refractivity contribution in [2.45, 2.75) is 39.0 Å². The van der Waals surface area contributed by atoms with Crippen molar-refractivity contribution in [1.29, 1.82) is 0 Å². The second-order valence-electron chi connectivity index (χ2n) is 7.07. The molecule has 0 aliphatic carbocycles. The number of nitrogens with one attached hydrogen (secondary N) is 1. The number of para-hydroxylation sites is 1. The molecule has 2 aromatic heterocycles. The van der Waals surface area contributed by atoms with Gasteiger partial charge in [0, 0.05) is 24.7 Å². The first kappa shape index (κ1) is 17.8. The van der Waals surface area contributed by atoms with E-state index in [0.29, 0.717) is 23.8 Å². The summed E-state index contributed by atoms with van der Waals surface area (Å²) in [4.78, 5) is 20.8. The number of carbonyl (C=O) groups is 1. The smallest absolute Gasteiger partial charge is 0.227 e. The van der Waals surface area contributed by atoms with Crippen molar-refractivity contribution in [2.75, 3.05) is 5.32 Å². The lowest BCUT2D eigenvalue weighted by Gasteiger charge is -2.22. The van der Waals surface area contributed by atoms with Crippen LogP contribution < -0.4 is 5.32 Å². The standard InChI is InChI=1S/C20H22N4O2/c1-20(2,3)14-8-4-5-9-15(14)22-17(25)11-12-18-23-19(24-26-18)16-10-6-7-13-21-16/h4-10,13H,11-12H2,1-3H3,(H,22,25). The summed E-state index contributed by atoms with van der Waals surface area (Å²) < 4.78 is 5.22. The number of aromatic nitrogens is 3. The van der Waals surface area contributed by atoms with Crippen molar-refractivity contribution in [1.82, 2.24) is 15.1 Å². The first-order valence-corrected chi connectivity index (χ1v) is 8.57. The molecule has 0 bridgehead atoms. The van der Waals surface area contributed by atoms with Gasteiger partial charge in [0.2, 0.25) is 17.6 Å². The molecule has 3 rings (SSSR count). The van der Waals surface area contributed by atoms with Crippen LogP contribution in [0.4, 0.5) is 5.69 Å². The fraction of sp³-hybridized carbons (Fsp3) is 0.300. The third kappa shape index (κ3) is 4.33. The van der Waals surface area contributed by atoms with Crippen LogP contribution >= 0.6 is 0 Å². The summed E-state index contributed by atoms with van der Waals surface area (Å²) >= 11 is 0. The van der Waals surface area contributed by atoms with Crippen molar-refractivity contribution in [3.05, 3.63) is 60.1 Å². The molecular weight excluding hydrogens is 328 g/mol. The summed E-state index contributed by atoms with van der Waals surface area (Å²) in [5, 5.41) is 6.90. The van der Waals surface area contributed by atoms with Crippen molar-refractivity contribution >= 4 is 11.6 Å². The van der Waals surface area contributed by atoms with Crippen LogP contribution in [-0.4, -0.2) is 21.0 Å². The van der Waals surface area contributed by atoms with Gasteiger partial charge in [-0.2, -0.15) is 4.98 Å². The molecule has 3 aromatic rings. The predicted molar refractivity (Wildman–Crippen MR) is 99.6 cm³/mol. The van der Waals surface area contributed by atoms with Gasteiger partial charge < -0.3 is 9.84 Å². The summed E-state index contributed by atoms with van der Waals surface area (Å²) in [5.41, 5.74) is 2.54. The van der Waals surface area contributed by atoms with Gasteiger partial charge in [0.05, 0.1) is 0 Å². The monoisotopic (exact) mass is 350 g/mol. The Morgan fingerprint density at radius 3 is 2.62 bits per heavy atom. The van der Waals surface area contributed by atoms with Crippen LogP contribution in [0.15, 0.2) is 53.2 Å². The van der Waals surface area contributed by atoms with Gasteiger partial charge in [-0.05, 0) is 29.2 Å². The number of benzene rings is 1. The molecule has 0 fully saturated rings. The first-order valence-electron chi connectivity index (χ1n) is 8.57. The van der Waals surface area contributed by atoms with Gasteiger partial charge in [0.15, 0.2) is 0 Å². The maximum Gasteiger partial charge on any atom is 0.227 e. The third-order valence-electron chi connectivity index (χ3n) is 3.94. The molecule has 0 saturated heterocycles. The molecule has 134 valence electrons. The predicted octanol–water partition coefficient (Wildman–Crippen LogP) is 4.00. The molecule has 1 aromatic carbocycles. The summed E-state index contributed by atoms with van der Waals surface area (Å²) in [6.07, 6.45) is 2.32. The number of hydrogen-bond acceptors (Lipinski definition) is 5. The Kier molecular flexibility index (Phi) is 5.11. The van der Waals surface area contributed by atoms with Crippen LogP contribution in [0, 0.1) is 0 Å². The van der Waals surface area contributed by atoms with Crippen molar-refractivity contribution in [3.8, 4) is 11.5 Å². The van der Waals surface area contributed by atoms with E-state index >= 15 is 0 Å². The van der Waals surface area contributed by atoms with Gasteiger partial charge in [-0.25, -0.2) is 0 Å². The molecule has 1 N–H and O–H groups in total. The van der Waals surface area contributed by atoms with Crippen LogP contribution in [0.5, 0.6) is 0 Å². The van der Waals surface area contributed by atoms with E-state index in [1.54, 1.807) is 6.20 Å². The SMILES string of the molecule is CC(C)(C)c1ccccc1NC(=O)CCc1nc(-c2ccccn2)no1. The van der Waals surface area contributed by atoms with Crippen molar-refractivity contribution in [2.24, 2.45) is 0 Å². The van der Waals surface area contributed by atoms with Gasteiger partial charge in [0.25, 0.3) is 0 Å². The lowest BCUT2D eigenvalue weighted by atomic mass is 9.86. The Hall–Kier alpha value is -3.02. The van der Waals surface area contributed by atoms with Gasteiger partial charge in [-0.15, -0.1) is 0 Å². The number of rotatable bonds is 5. The molecule has 0 aliphatic rings. The molecule has 0 saturated carbocycles. The molecule has 0 atom stereocenters. The number of nitrogens with zero attached hydrogens (tertiary/aromatic N) is 3. The van der Waals surface area contributed by atoms with E-state index in [1.807, 2.05) is 42.5 Å². The summed E-state index contributed by atoms with van der Waals surface area (Å²) in [7, 11) is 0. The highest BCUT2D eigenvalue weighted by molar-refractivity contribution is 5.91. The van der Waals surface area contributed by atoms with Gasteiger partial charge in [-0.1, -0.05) is 50.2 Å². The van der Waals surface area contributed by atoms with E-state index < -0.39 is 0 Å². The lowest BCUT2D eigenvalue weighted by molar-refractivity contribution is -0.116. The largest absolute Gasteiger partial charge is 0.339 e. The Balaban J connectivity index is 1.61. The first-order chi connectivity index (χ1) is 12.4. The number of amides is 1. The molecule has 0 aliphatic heterocycles. The Morgan fingerprint density at radius 2 is 1.88 bits per heavy atom. The Morgan fingerprint density at radius 1 is 1.12 bits per heavy atom. The quantitative estimate of drug-likeness (QED) is 0.752. The van der Waals surface area contributed by atoms with E-state index in [1.165, 1.54) is 0 Å². The maximum atomic E-state index is 12.3. The second kappa shape index (κ2) is 7.47. The molecule has 0 unspecified atom stereocenters. The molecular formula is C20H22N4O2. The molecule has 0 radical (unpaired) electrons. The zero-order valence-electron chi connectivity index (χ0n) is 15.2. The fourth-order valence-electron chi connectivity index (χ4n) is 2.63. The molecule has 26 heavy (non-hydrogen) atoms. The normalized spacial score (nSPS) is 11.3. The molecule has 1 amide bonds. The van der Waals surface area contributed by atoms with Crippen LogP contribution in [-0.2, 0) is 16.6 Å². The average molecular weight is 350 g/mol. The van der Waals surface area contributed by atoms with E-state index in [9.17, 15) is 4.79 Å². The average Bonchev–Trinajstić information content (AvgIpc) is 3.09. The van der Waals surface area contributed by atoms with Gasteiger partial charge >= 0.3 is 0 Å². The lowest BCUT2D eigenvalue weighted by Crippen LogP contribution is -2.18. The Labute approximate surface area is 152 Å². The third-order valence-corrected chi connectivity index (χ3v) is 3.94. The minimum absolute atomic E-state index is 0.0477. The summed E-state index contributed by atoms with van der Waals surface area (Å²) in [6, 6.07) is 13.3. The van der Waals surface area contributed by atoms with Gasteiger partial charge in [-0.3, -0.25) is 9.78 Å². The van der Waals surface area contributed by atoms with E-state index in [0.717, 1.165) is 11.3 Å². The number of carbonyl (C=O) groups excluding carboxylic acids is 1. The van der Waals surface area contributed by atoms with E-state index in [2.05, 4.69) is 41.2 Å². The zero-order chi connectivity index (χ0) is 18.6. The van der Waals surface area contributed by atoms with Crippen LogP contribution in [0.2, 0.25) is 0 Å². The van der Waals surface area contributed by atoms with Crippen LogP contribution in [0.3, 0.4) is 0 Å². The van der Waals surface area contributed by atoms with Gasteiger partial charge in [0.1, 0.15) is 5.69 Å². The number of aryl methyl sites for hydroxylation is 1. The van der Waals surface area contributed by atoms with Crippen molar-refractivity contribution < 1.29 is 9.32 Å². The van der Waals surface area contributed by atoms with E-state index in [4.69, 9.17) is 4.52 Å². The highest BCUT2D eigenvalue weighted by atomic mass is 16.5. The number of hydrogen-bond donors (Lipinski definition) is 1. The van der Waals surface area contributed by atoms with E-state index in [-0.39, 0.29) is 17.7 Å². The number of anilines is 1. The summed E-state index contributed by atoms with van der Waals surface area (Å²) in [6.45, 7) is 6.36. The molecule has 2 heterocycles. The number of pyridine rings is 1. The highest BCUT2D eigenvalue weighted by Crippen LogP contribution is 2.29. The molecule has 6 heteroatoms. The maximum absolute atomic E-state index is 12.3. The second-order valence-corrected chi connectivity index (χ2v) is 7.07. The molecule has 6 nitrogen and oxygen atoms in total. The van der Waals surface area contributed by atoms with Crippen LogP contribution in [0.1, 0.15) is 38.6 Å². The topological polar surface area (TPSA) is 80.9 Å². The fourth-order valence-corrected chi connectivity index (χ4v) is 2.63. The zero-order valence-corrected chi connectivity index (χ0v) is 15.2. The molecule has 0 spiro atoms. The summed E-state index contributed by atoms with van der Waals surface area (Å²) in [5.74, 6) is 0.767. The minimum atomic E-state index is -0.0840. The van der Waals surface area contributed by atoms with Crippen LogP contribution in [0.25, 0.3) is 11.5 Å². The Bertz CT molecular complexity index is 882. The minimum Gasteiger partial charge on any atom is -0.339 e. The highest BCUT2D eigenvalue weighted by Gasteiger charge is 2.19. The van der Waals surface area contributed by atoms with Crippen molar-refractivity contribution in [3.63, 3.8) is 0 Å².